The molecule has 0 fully saturated rings. The van der Waals surface area contributed by atoms with Gasteiger partial charge in [0.05, 0.1) is 11.0 Å². The van der Waals surface area contributed by atoms with E-state index >= 15 is 0 Å². The van der Waals surface area contributed by atoms with Crippen molar-refractivity contribution < 1.29 is 4.79 Å². The molecule has 0 saturated carbocycles. The summed E-state index contributed by atoms with van der Waals surface area (Å²) in [5.41, 5.74) is 1.89. The first-order chi connectivity index (χ1) is 9.22. The number of halogens is 1. The zero-order valence-corrected chi connectivity index (χ0v) is 10.5. The minimum atomic E-state index is -0.360. The van der Waals surface area contributed by atoms with Crippen molar-refractivity contribution >= 4 is 34.5 Å². The fourth-order valence-corrected chi connectivity index (χ4v) is 1.88. The molecule has 0 spiro atoms. The number of hydrogen-bond acceptors (Lipinski definition) is 3. The fourth-order valence-electron chi connectivity index (χ4n) is 1.72. The normalized spacial score (nSPS) is 10.6. The Labute approximate surface area is 113 Å². The molecule has 3 aromatic rings. The summed E-state index contributed by atoms with van der Waals surface area (Å²) in [5, 5.41) is 2.92. The molecule has 6 heteroatoms. The molecule has 0 saturated heterocycles. The second-order valence-corrected chi connectivity index (χ2v) is 4.29. The number of imidazole rings is 1. The number of H-pyrrole nitrogens is 1. The highest BCUT2D eigenvalue weighted by Gasteiger charge is 2.10. The number of fused-ring (bicyclic) bond motifs is 1. The number of benzene rings is 1. The van der Waals surface area contributed by atoms with E-state index in [2.05, 4.69) is 20.3 Å². The van der Waals surface area contributed by atoms with E-state index in [4.69, 9.17) is 11.6 Å². The number of aromatic nitrogens is 3. The lowest BCUT2D eigenvalue weighted by molar-refractivity contribution is 0.102. The van der Waals surface area contributed by atoms with Gasteiger partial charge in [0, 0.05) is 0 Å². The molecule has 1 aromatic carbocycles. The second kappa shape index (κ2) is 4.70. The van der Waals surface area contributed by atoms with Gasteiger partial charge in [-0.05, 0) is 24.3 Å². The van der Waals surface area contributed by atoms with E-state index in [9.17, 15) is 4.79 Å². The number of nitrogens with zero attached hydrogens (tertiary/aromatic N) is 2. The van der Waals surface area contributed by atoms with Crippen LogP contribution in [0.3, 0.4) is 0 Å². The van der Waals surface area contributed by atoms with Gasteiger partial charge in [-0.25, -0.2) is 9.97 Å². The number of carbonyl (C=O) groups excluding carboxylic acids is 1. The zero-order valence-electron chi connectivity index (χ0n) is 9.72. The number of carbonyl (C=O) groups is 1. The van der Waals surface area contributed by atoms with Gasteiger partial charge >= 0.3 is 0 Å². The molecule has 0 aliphatic carbocycles. The van der Waals surface area contributed by atoms with Crippen LogP contribution in [0.15, 0.2) is 42.5 Å². The molecular formula is C13H9ClN4O. The molecule has 5 nitrogen and oxygen atoms in total. The number of pyridine rings is 1. The largest absolute Gasteiger partial charge is 0.324 e. The summed E-state index contributed by atoms with van der Waals surface area (Å²) in [5.74, 6) is 0.0227. The molecule has 3 rings (SSSR count). The summed E-state index contributed by atoms with van der Waals surface area (Å²) in [6.07, 6.45) is 0. The van der Waals surface area contributed by atoms with Crippen molar-refractivity contribution in [3.63, 3.8) is 0 Å². The van der Waals surface area contributed by atoms with Crippen LogP contribution in [-0.2, 0) is 0 Å². The number of rotatable bonds is 2. The molecule has 94 valence electrons. The Balaban J connectivity index is 1.86. The Bertz CT molecular complexity index is 720. The van der Waals surface area contributed by atoms with Crippen LogP contribution in [0.4, 0.5) is 5.95 Å². The van der Waals surface area contributed by atoms with Crippen LogP contribution in [0.1, 0.15) is 10.5 Å². The number of aromatic amines is 1. The van der Waals surface area contributed by atoms with Crippen molar-refractivity contribution in [3.05, 3.63) is 53.3 Å². The monoisotopic (exact) mass is 272 g/mol. The lowest BCUT2D eigenvalue weighted by atomic mass is 10.3. The Morgan fingerprint density at radius 3 is 2.74 bits per heavy atom. The third kappa shape index (κ3) is 2.41. The van der Waals surface area contributed by atoms with Crippen LogP contribution in [0, 0.1) is 0 Å². The zero-order chi connectivity index (χ0) is 13.2. The molecule has 0 aliphatic rings. The van der Waals surface area contributed by atoms with Crippen molar-refractivity contribution in [1.29, 1.82) is 0 Å². The number of amides is 1. The van der Waals surface area contributed by atoms with E-state index in [1.807, 2.05) is 24.3 Å². The predicted octanol–water partition coefficient (Wildman–Crippen LogP) is 2.86. The Morgan fingerprint density at radius 1 is 1.11 bits per heavy atom. The summed E-state index contributed by atoms with van der Waals surface area (Å²) in [7, 11) is 0. The molecule has 2 heterocycles. The van der Waals surface area contributed by atoms with E-state index in [-0.39, 0.29) is 16.8 Å². The molecule has 0 radical (unpaired) electrons. The minimum absolute atomic E-state index is 0.243. The molecular weight excluding hydrogens is 264 g/mol. The second-order valence-electron chi connectivity index (χ2n) is 3.90. The van der Waals surface area contributed by atoms with Crippen molar-refractivity contribution in [3.8, 4) is 0 Å². The topological polar surface area (TPSA) is 70.7 Å². The van der Waals surface area contributed by atoms with Crippen molar-refractivity contribution in [2.45, 2.75) is 0 Å². The third-order valence-electron chi connectivity index (χ3n) is 2.57. The first-order valence-corrected chi connectivity index (χ1v) is 5.99. The maximum Gasteiger partial charge on any atom is 0.276 e. The summed E-state index contributed by atoms with van der Waals surface area (Å²) in [6, 6.07) is 12.4. The van der Waals surface area contributed by atoms with Gasteiger partial charge in [0.2, 0.25) is 5.95 Å². The maximum atomic E-state index is 12.0. The minimum Gasteiger partial charge on any atom is -0.324 e. The van der Waals surface area contributed by atoms with E-state index in [1.54, 1.807) is 18.2 Å². The molecule has 0 bridgehead atoms. The summed E-state index contributed by atoms with van der Waals surface area (Å²) in [6.45, 7) is 0. The molecule has 0 unspecified atom stereocenters. The van der Waals surface area contributed by atoms with E-state index < -0.39 is 0 Å². The van der Waals surface area contributed by atoms with Crippen LogP contribution < -0.4 is 5.32 Å². The number of para-hydroxylation sites is 2. The highest BCUT2D eigenvalue weighted by molar-refractivity contribution is 6.29. The van der Waals surface area contributed by atoms with Gasteiger partial charge in [-0.3, -0.25) is 10.1 Å². The Morgan fingerprint density at radius 2 is 1.95 bits per heavy atom. The smallest absolute Gasteiger partial charge is 0.276 e. The quantitative estimate of drug-likeness (QED) is 0.705. The van der Waals surface area contributed by atoms with Gasteiger partial charge < -0.3 is 4.98 Å². The third-order valence-corrected chi connectivity index (χ3v) is 2.78. The predicted molar refractivity (Wildman–Crippen MR) is 73.3 cm³/mol. The number of nitrogens with one attached hydrogen (secondary N) is 2. The van der Waals surface area contributed by atoms with Crippen LogP contribution in [0.5, 0.6) is 0 Å². The molecule has 19 heavy (non-hydrogen) atoms. The molecule has 0 aliphatic heterocycles. The van der Waals surface area contributed by atoms with Gasteiger partial charge in [0.15, 0.2) is 0 Å². The highest BCUT2D eigenvalue weighted by Crippen LogP contribution is 2.14. The SMILES string of the molecule is O=C(Nc1nc2ccccc2[nH]1)c1cccc(Cl)n1. The number of anilines is 1. The standard InChI is InChI=1S/C13H9ClN4O/c14-11-7-3-6-10(15-11)12(19)18-13-16-8-4-1-2-5-9(8)17-13/h1-7H,(H2,16,17,18,19). The van der Waals surface area contributed by atoms with E-state index in [1.165, 1.54) is 0 Å². The Kier molecular flexibility index (Phi) is 2.89. The van der Waals surface area contributed by atoms with Gasteiger partial charge in [0.1, 0.15) is 10.8 Å². The molecule has 1 amide bonds. The highest BCUT2D eigenvalue weighted by atomic mass is 35.5. The first-order valence-electron chi connectivity index (χ1n) is 5.61. The van der Waals surface area contributed by atoms with Crippen LogP contribution >= 0.6 is 11.6 Å². The summed E-state index contributed by atoms with van der Waals surface area (Å²) >= 11 is 5.74. The van der Waals surface area contributed by atoms with Crippen molar-refractivity contribution in [1.82, 2.24) is 15.0 Å². The Hall–Kier alpha value is -2.40. The first kappa shape index (κ1) is 11.7. The lowest BCUT2D eigenvalue weighted by Gasteiger charge is -2.00. The average Bonchev–Trinajstić information content (AvgIpc) is 2.80. The van der Waals surface area contributed by atoms with E-state index in [0.29, 0.717) is 5.95 Å². The van der Waals surface area contributed by atoms with Crippen LogP contribution in [-0.4, -0.2) is 20.9 Å². The summed E-state index contributed by atoms with van der Waals surface area (Å²) in [4.78, 5) is 23.1. The fraction of sp³-hybridized carbons (Fsp3) is 0. The molecule has 2 N–H and O–H groups in total. The average molecular weight is 273 g/mol. The van der Waals surface area contributed by atoms with Gasteiger partial charge in [-0.2, -0.15) is 0 Å². The lowest BCUT2D eigenvalue weighted by Crippen LogP contribution is -2.14. The summed E-state index contributed by atoms with van der Waals surface area (Å²) < 4.78 is 0. The number of hydrogen-bond donors (Lipinski definition) is 2. The molecule has 0 atom stereocenters. The van der Waals surface area contributed by atoms with Crippen LogP contribution in [0.2, 0.25) is 5.15 Å². The van der Waals surface area contributed by atoms with E-state index in [0.717, 1.165) is 11.0 Å². The van der Waals surface area contributed by atoms with Gasteiger partial charge in [-0.15, -0.1) is 0 Å². The maximum absolute atomic E-state index is 12.0. The van der Waals surface area contributed by atoms with Gasteiger partial charge in [0.25, 0.3) is 5.91 Å². The van der Waals surface area contributed by atoms with Crippen LogP contribution in [0.25, 0.3) is 11.0 Å². The molecule has 2 aromatic heterocycles. The van der Waals surface area contributed by atoms with Gasteiger partial charge in [-0.1, -0.05) is 29.8 Å². The van der Waals surface area contributed by atoms with Crippen molar-refractivity contribution in [2.75, 3.05) is 5.32 Å². The van der Waals surface area contributed by atoms with Crippen molar-refractivity contribution in [2.24, 2.45) is 0 Å².